The molecule has 1 unspecified atom stereocenters. The predicted molar refractivity (Wildman–Crippen MR) is 86.9 cm³/mol. The zero-order chi connectivity index (χ0) is 15.1. The Morgan fingerprint density at radius 1 is 1.18 bits per heavy atom. The molecule has 4 heteroatoms. The molecule has 3 aromatic rings. The molecule has 0 bridgehead atoms. The summed E-state index contributed by atoms with van der Waals surface area (Å²) in [6.07, 6.45) is 5.67. The average molecular weight is 291 g/mol. The van der Waals surface area contributed by atoms with E-state index in [0.717, 1.165) is 23.9 Å². The minimum Gasteiger partial charge on any atom is -0.324 e. The largest absolute Gasteiger partial charge is 0.324 e. The van der Waals surface area contributed by atoms with Crippen molar-refractivity contribution >= 4 is 22.4 Å². The van der Waals surface area contributed by atoms with Crippen LogP contribution in [0.5, 0.6) is 0 Å². The predicted octanol–water partition coefficient (Wildman–Crippen LogP) is 3.33. The van der Waals surface area contributed by atoms with E-state index in [1.54, 1.807) is 17.1 Å². The Morgan fingerprint density at radius 3 is 2.77 bits per heavy atom. The molecule has 4 rings (SSSR count). The highest BCUT2D eigenvalue weighted by molar-refractivity contribution is 6.05. The summed E-state index contributed by atoms with van der Waals surface area (Å²) in [4.78, 5) is 12.5. The molecule has 1 N–H and O–H groups in total. The van der Waals surface area contributed by atoms with E-state index in [2.05, 4.69) is 34.7 Å². The molecule has 0 saturated carbocycles. The number of nitrogens with one attached hydrogen (secondary N) is 1. The van der Waals surface area contributed by atoms with Gasteiger partial charge in [-0.1, -0.05) is 24.3 Å². The number of aryl methyl sites for hydroxylation is 2. The highest BCUT2D eigenvalue weighted by Gasteiger charge is 2.19. The van der Waals surface area contributed by atoms with Crippen LogP contribution in [0.2, 0.25) is 0 Å². The number of hydrogen-bond donors (Lipinski definition) is 1. The summed E-state index contributed by atoms with van der Waals surface area (Å²) in [6.45, 7) is 1.85. The molecule has 22 heavy (non-hydrogen) atoms. The van der Waals surface area contributed by atoms with Gasteiger partial charge in [-0.15, -0.1) is 0 Å². The van der Waals surface area contributed by atoms with E-state index < -0.39 is 0 Å². The minimum absolute atomic E-state index is 0.0533. The molecule has 1 heterocycles. The number of rotatable bonds is 3. The van der Waals surface area contributed by atoms with E-state index in [1.807, 2.05) is 19.1 Å². The van der Waals surface area contributed by atoms with Crippen LogP contribution in [0.1, 0.15) is 24.1 Å². The molecule has 4 nitrogen and oxygen atoms in total. The van der Waals surface area contributed by atoms with Crippen molar-refractivity contribution in [1.82, 2.24) is 9.78 Å². The van der Waals surface area contributed by atoms with Gasteiger partial charge in [-0.2, -0.15) is 5.10 Å². The second-order valence-electron chi connectivity index (χ2n) is 5.76. The second-order valence-corrected chi connectivity index (χ2v) is 5.76. The van der Waals surface area contributed by atoms with Crippen LogP contribution in [0.4, 0.5) is 5.69 Å². The molecule has 1 amide bonds. The van der Waals surface area contributed by atoms with Crippen LogP contribution in [-0.4, -0.2) is 15.7 Å². The molecule has 1 aliphatic carbocycles. The number of amides is 1. The summed E-state index contributed by atoms with van der Waals surface area (Å²) in [5.74, 6) is -0.0533. The zero-order valence-corrected chi connectivity index (χ0v) is 12.4. The van der Waals surface area contributed by atoms with Gasteiger partial charge in [0.1, 0.15) is 6.04 Å². The SMILES string of the molecule is CC(C(=O)Nc1ccc2c3c(cccc13)CC2)n1cccn1. The number of hydrogen-bond acceptors (Lipinski definition) is 2. The van der Waals surface area contributed by atoms with Crippen molar-refractivity contribution in [2.24, 2.45) is 0 Å². The van der Waals surface area contributed by atoms with E-state index >= 15 is 0 Å². The summed E-state index contributed by atoms with van der Waals surface area (Å²) in [7, 11) is 0. The van der Waals surface area contributed by atoms with E-state index in [9.17, 15) is 4.79 Å². The second kappa shape index (κ2) is 4.98. The normalized spacial score (nSPS) is 14.2. The maximum absolute atomic E-state index is 12.5. The van der Waals surface area contributed by atoms with Crippen LogP contribution in [0, 0.1) is 0 Å². The van der Waals surface area contributed by atoms with Gasteiger partial charge in [-0.25, -0.2) is 0 Å². The van der Waals surface area contributed by atoms with E-state index in [1.165, 1.54) is 16.5 Å². The van der Waals surface area contributed by atoms with E-state index in [-0.39, 0.29) is 11.9 Å². The van der Waals surface area contributed by atoms with E-state index in [4.69, 9.17) is 0 Å². The fourth-order valence-corrected chi connectivity index (χ4v) is 3.22. The molecule has 0 fully saturated rings. The third-order valence-electron chi connectivity index (χ3n) is 4.44. The number of carbonyl (C=O) groups is 1. The molecule has 2 aromatic carbocycles. The molecular weight excluding hydrogens is 274 g/mol. The molecule has 110 valence electrons. The third-order valence-corrected chi connectivity index (χ3v) is 4.44. The van der Waals surface area contributed by atoms with Crippen LogP contribution >= 0.6 is 0 Å². The monoisotopic (exact) mass is 291 g/mol. The zero-order valence-electron chi connectivity index (χ0n) is 12.4. The van der Waals surface area contributed by atoms with Crippen molar-refractivity contribution in [2.75, 3.05) is 5.32 Å². The number of benzene rings is 2. The van der Waals surface area contributed by atoms with Gasteiger partial charge in [0.15, 0.2) is 0 Å². The lowest BCUT2D eigenvalue weighted by atomic mass is 10.0. The van der Waals surface area contributed by atoms with Crippen molar-refractivity contribution in [3.8, 4) is 0 Å². The quantitative estimate of drug-likeness (QED) is 0.804. The van der Waals surface area contributed by atoms with Crippen molar-refractivity contribution in [3.05, 3.63) is 59.9 Å². The van der Waals surface area contributed by atoms with Crippen molar-refractivity contribution in [1.29, 1.82) is 0 Å². The Hall–Kier alpha value is -2.62. The summed E-state index contributed by atoms with van der Waals surface area (Å²) >= 11 is 0. The van der Waals surface area contributed by atoms with Crippen LogP contribution in [0.15, 0.2) is 48.8 Å². The summed E-state index contributed by atoms with van der Waals surface area (Å²) in [5.41, 5.74) is 3.64. The summed E-state index contributed by atoms with van der Waals surface area (Å²) < 4.78 is 1.66. The lowest BCUT2D eigenvalue weighted by Crippen LogP contribution is -2.24. The highest BCUT2D eigenvalue weighted by Crippen LogP contribution is 2.35. The first-order chi connectivity index (χ1) is 10.7. The molecule has 1 aromatic heterocycles. The van der Waals surface area contributed by atoms with Gasteiger partial charge < -0.3 is 5.32 Å². The van der Waals surface area contributed by atoms with Crippen LogP contribution in [0.25, 0.3) is 10.8 Å². The Balaban J connectivity index is 1.69. The molecule has 0 aliphatic heterocycles. The molecule has 1 aliphatic rings. The summed E-state index contributed by atoms with van der Waals surface area (Å²) in [6, 6.07) is 12.0. The minimum atomic E-state index is -0.335. The van der Waals surface area contributed by atoms with Gasteiger partial charge in [-0.3, -0.25) is 9.48 Å². The standard InChI is InChI=1S/C18H17N3O/c1-12(21-11-3-10-19-21)18(22)20-16-9-8-14-7-6-13-4-2-5-15(16)17(13)14/h2-5,8-12H,6-7H2,1H3,(H,20,22). The molecule has 0 spiro atoms. The fourth-order valence-electron chi connectivity index (χ4n) is 3.22. The first kappa shape index (κ1) is 13.1. The van der Waals surface area contributed by atoms with Crippen molar-refractivity contribution < 1.29 is 4.79 Å². The summed E-state index contributed by atoms with van der Waals surface area (Å²) in [5, 5.41) is 9.64. The number of nitrogens with zero attached hydrogens (tertiary/aromatic N) is 2. The van der Waals surface area contributed by atoms with Gasteiger partial charge >= 0.3 is 0 Å². The lowest BCUT2D eigenvalue weighted by molar-refractivity contribution is -0.119. The molecule has 1 atom stereocenters. The van der Waals surface area contributed by atoms with Gasteiger partial charge in [0.05, 0.1) is 0 Å². The first-order valence-corrected chi connectivity index (χ1v) is 7.57. The lowest BCUT2D eigenvalue weighted by Gasteiger charge is -2.15. The fraction of sp³-hybridized carbons (Fsp3) is 0.222. The smallest absolute Gasteiger partial charge is 0.248 e. The maximum atomic E-state index is 12.5. The van der Waals surface area contributed by atoms with Crippen LogP contribution in [-0.2, 0) is 17.6 Å². The number of aromatic nitrogens is 2. The number of carbonyl (C=O) groups excluding carboxylic acids is 1. The third kappa shape index (κ3) is 1.99. The van der Waals surface area contributed by atoms with Crippen molar-refractivity contribution in [2.45, 2.75) is 25.8 Å². The first-order valence-electron chi connectivity index (χ1n) is 7.57. The Kier molecular flexibility index (Phi) is 2.96. The van der Waals surface area contributed by atoms with Gasteiger partial charge in [-0.05, 0) is 48.4 Å². The molecule has 0 radical (unpaired) electrons. The Morgan fingerprint density at radius 2 is 2.00 bits per heavy atom. The average Bonchev–Trinajstić information content (AvgIpc) is 3.20. The van der Waals surface area contributed by atoms with Gasteiger partial charge in [0.25, 0.3) is 0 Å². The topological polar surface area (TPSA) is 46.9 Å². The molecule has 0 saturated heterocycles. The Bertz CT molecular complexity index is 842. The number of anilines is 1. The van der Waals surface area contributed by atoms with Crippen LogP contribution < -0.4 is 5.32 Å². The van der Waals surface area contributed by atoms with Gasteiger partial charge in [0, 0.05) is 23.5 Å². The van der Waals surface area contributed by atoms with E-state index in [0.29, 0.717) is 0 Å². The maximum Gasteiger partial charge on any atom is 0.248 e. The van der Waals surface area contributed by atoms with Crippen molar-refractivity contribution in [3.63, 3.8) is 0 Å². The Labute approximate surface area is 128 Å². The highest BCUT2D eigenvalue weighted by atomic mass is 16.2. The van der Waals surface area contributed by atoms with Gasteiger partial charge in [0.2, 0.25) is 5.91 Å². The van der Waals surface area contributed by atoms with Crippen LogP contribution in [0.3, 0.4) is 0 Å². The molecular formula is C18H17N3O.